The highest BCUT2D eigenvalue weighted by Crippen LogP contribution is 2.00. The van der Waals surface area contributed by atoms with Crippen LogP contribution in [-0.4, -0.2) is 24.3 Å². The normalized spacial score (nSPS) is 12.7. The number of hydrogen-bond acceptors (Lipinski definition) is 2. The van der Waals surface area contributed by atoms with Gasteiger partial charge in [0.15, 0.2) is 0 Å². The van der Waals surface area contributed by atoms with Crippen molar-refractivity contribution >= 4 is 0 Å². The van der Waals surface area contributed by atoms with Crippen molar-refractivity contribution in [3.05, 3.63) is 12.7 Å². The fraction of sp³-hybridized carbons (Fsp3) is 0.833. The van der Waals surface area contributed by atoms with E-state index in [4.69, 9.17) is 5.11 Å². The third-order valence-corrected chi connectivity index (χ3v) is 2.37. The largest absolute Gasteiger partial charge is 0.396 e. The molecule has 0 spiro atoms. The number of rotatable bonds is 10. The van der Waals surface area contributed by atoms with Gasteiger partial charge in [0.2, 0.25) is 0 Å². The molecule has 1 unspecified atom stereocenters. The summed E-state index contributed by atoms with van der Waals surface area (Å²) in [4.78, 5) is 0. The number of nitrogens with one attached hydrogen (secondary N) is 1. The van der Waals surface area contributed by atoms with Gasteiger partial charge in [0, 0.05) is 12.6 Å². The Morgan fingerprint density at radius 1 is 1.29 bits per heavy atom. The number of aliphatic hydroxyl groups excluding tert-OH is 1. The lowest BCUT2D eigenvalue weighted by molar-refractivity contribution is 0.276. The van der Waals surface area contributed by atoms with E-state index in [9.17, 15) is 0 Å². The Kier molecular flexibility index (Phi) is 10.5. The monoisotopic (exact) mass is 199 g/mol. The van der Waals surface area contributed by atoms with Crippen LogP contribution in [0.25, 0.3) is 0 Å². The van der Waals surface area contributed by atoms with Crippen LogP contribution in [0.15, 0.2) is 12.7 Å². The molecule has 0 aliphatic heterocycles. The summed E-state index contributed by atoms with van der Waals surface area (Å²) in [5.74, 6) is 0. The van der Waals surface area contributed by atoms with E-state index in [-0.39, 0.29) is 0 Å². The minimum absolute atomic E-state index is 0.311. The highest BCUT2D eigenvalue weighted by atomic mass is 16.2. The zero-order valence-corrected chi connectivity index (χ0v) is 9.47. The highest BCUT2D eigenvalue weighted by molar-refractivity contribution is 4.66. The Morgan fingerprint density at radius 3 is 2.71 bits per heavy atom. The minimum Gasteiger partial charge on any atom is -0.396 e. The summed E-state index contributed by atoms with van der Waals surface area (Å²) in [6.45, 7) is 7.29. The topological polar surface area (TPSA) is 32.3 Å². The van der Waals surface area contributed by atoms with E-state index in [0.29, 0.717) is 12.6 Å². The van der Waals surface area contributed by atoms with Crippen LogP contribution >= 0.6 is 0 Å². The van der Waals surface area contributed by atoms with Crippen molar-refractivity contribution in [3.63, 3.8) is 0 Å². The Bertz CT molecular complexity index is 125. The predicted octanol–water partition coefficient (Wildman–Crippen LogP) is 2.48. The summed E-state index contributed by atoms with van der Waals surface area (Å²) < 4.78 is 0. The fourth-order valence-corrected chi connectivity index (χ4v) is 1.44. The Hall–Kier alpha value is -0.340. The Labute approximate surface area is 88.4 Å². The lowest BCUT2D eigenvalue weighted by Gasteiger charge is -2.12. The molecule has 0 aliphatic rings. The van der Waals surface area contributed by atoms with Crippen LogP contribution < -0.4 is 5.32 Å². The van der Waals surface area contributed by atoms with Gasteiger partial charge in [-0.1, -0.05) is 12.5 Å². The van der Waals surface area contributed by atoms with Gasteiger partial charge in [-0.05, 0) is 45.6 Å². The van der Waals surface area contributed by atoms with E-state index in [1.54, 1.807) is 0 Å². The molecule has 1 atom stereocenters. The maximum Gasteiger partial charge on any atom is 0.0431 e. The van der Waals surface area contributed by atoms with Crippen molar-refractivity contribution in [2.45, 2.75) is 51.5 Å². The molecule has 0 aromatic rings. The number of hydrogen-bond donors (Lipinski definition) is 2. The lowest BCUT2D eigenvalue weighted by atomic mass is 10.1. The van der Waals surface area contributed by atoms with Gasteiger partial charge in [-0.2, -0.15) is 0 Å². The van der Waals surface area contributed by atoms with Gasteiger partial charge < -0.3 is 10.4 Å². The van der Waals surface area contributed by atoms with Crippen molar-refractivity contribution < 1.29 is 5.11 Å². The zero-order chi connectivity index (χ0) is 10.6. The average Bonchev–Trinajstić information content (AvgIpc) is 2.20. The molecule has 0 heterocycles. The van der Waals surface area contributed by atoms with Crippen molar-refractivity contribution in [1.29, 1.82) is 0 Å². The SMILES string of the molecule is C=CCCCCCNC(C)CCCO. The van der Waals surface area contributed by atoms with Crippen LogP contribution in [-0.2, 0) is 0 Å². The smallest absolute Gasteiger partial charge is 0.0431 e. The third kappa shape index (κ3) is 9.75. The Balaban J connectivity index is 3.06. The standard InChI is InChI=1S/C12H25NO/c1-3-4-5-6-7-10-13-12(2)9-8-11-14/h3,12-14H,1,4-11H2,2H3. The summed E-state index contributed by atoms with van der Waals surface area (Å²) >= 11 is 0. The van der Waals surface area contributed by atoms with E-state index >= 15 is 0 Å². The van der Waals surface area contributed by atoms with Gasteiger partial charge in [0.1, 0.15) is 0 Å². The first kappa shape index (κ1) is 13.7. The maximum atomic E-state index is 8.65. The molecule has 14 heavy (non-hydrogen) atoms. The first-order valence-electron chi connectivity index (χ1n) is 5.76. The summed E-state index contributed by atoms with van der Waals surface area (Å²) in [6.07, 6.45) is 8.89. The second kappa shape index (κ2) is 10.7. The summed E-state index contributed by atoms with van der Waals surface area (Å²) in [5, 5.41) is 12.1. The van der Waals surface area contributed by atoms with Gasteiger partial charge in [-0.15, -0.1) is 6.58 Å². The second-order valence-corrected chi connectivity index (χ2v) is 3.86. The zero-order valence-electron chi connectivity index (χ0n) is 9.47. The van der Waals surface area contributed by atoms with E-state index in [1.807, 2.05) is 6.08 Å². The summed E-state index contributed by atoms with van der Waals surface area (Å²) in [6, 6.07) is 0.543. The maximum absolute atomic E-state index is 8.65. The molecule has 0 fully saturated rings. The van der Waals surface area contributed by atoms with E-state index < -0.39 is 0 Å². The molecule has 0 bridgehead atoms. The molecule has 0 aromatic heterocycles. The van der Waals surface area contributed by atoms with Crippen molar-refractivity contribution in [2.75, 3.05) is 13.2 Å². The van der Waals surface area contributed by atoms with Crippen LogP contribution in [0.3, 0.4) is 0 Å². The molecule has 0 amide bonds. The van der Waals surface area contributed by atoms with Gasteiger partial charge in [0.05, 0.1) is 0 Å². The third-order valence-electron chi connectivity index (χ3n) is 2.37. The molecule has 84 valence electrons. The molecule has 0 rings (SSSR count). The van der Waals surface area contributed by atoms with Crippen molar-refractivity contribution in [3.8, 4) is 0 Å². The van der Waals surface area contributed by atoms with Crippen LogP contribution in [0.5, 0.6) is 0 Å². The van der Waals surface area contributed by atoms with Crippen LogP contribution in [0.2, 0.25) is 0 Å². The summed E-state index contributed by atoms with van der Waals surface area (Å²) in [7, 11) is 0. The van der Waals surface area contributed by atoms with Crippen molar-refractivity contribution in [2.24, 2.45) is 0 Å². The fourth-order valence-electron chi connectivity index (χ4n) is 1.44. The molecular weight excluding hydrogens is 174 g/mol. The molecule has 0 radical (unpaired) electrons. The molecule has 2 heteroatoms. The first-order chi connectivity index (χ1) is 6.81. The van der Waals surface area contributed by atoms with Crippen molar-refractivity contribution in [1.82, 2.24) is 5.32 Å². The minimum atomic E-state index is 0.311. The first-order valence-corrected chi connectivity index (χ1v) is 5.76. The predicted molar refractivity (Wildman–Crippen MR) is 62.4 cm³/mol. The number of allylic oxidation sites excluding steroid dienone is 1. The number of unbranched alkanes of at least 4 members (excludes halogenated alkanes) is 3. The van der Waals surface area contributed by atoms with Gasteiger partial charge >= 0.3 is 0 Å². The molecular formula is C12H25NO. The average molecular weight is 199 g/mol. The Morgan fingerprint density at radius 2 is 2.07 bits per heavy atom. The van der Waals surface area contributed by atoms with E-state index in [0.717, 1.165) is 25.8 Å². The van der Waals surface area contributed by atoms with Crippen LogP contribution in [0.1, 0.15) is 45.4 Å². The van der Waals surface area contributed by atoms with Crippen LogP contribution in [0, 0.1) is 0 Å². The lowest BCUT2D eigenvalue weighted by Crippen LogP contribution is -2.27. The van der Waals surface area contributed by atoms with E-state index in [1.165, 1.54) is 19.3 Å². The molecule has 0 aliphatic carbocycles. The molecule has 2 nitrogen and oxygen atoms in total. The highest BCUT2D eigenvalue weighted by Gasteiger charge is 1.99. The van der Waals surface area contributed by atoms with Crippen LogP contribution in [0.4, 0.5) is 0 Å². The molecule has 0 saturated carbocycles. The van der Waals surface area contributed by atoms with Gasteiger partial charge in [-0.3, -0.25) is 0 Å². The second-order valence-electron chi connectivity index (χ2n) is 3.86. The van der Waals surface area contributed by atoms with Gasteiger partial charge in [-0.25, -0.2) is 0 Å². The van der Waals surface area contributed by atoms with Gasteiger partial charge in [0.25, 0.3) is 0 Å². The summed E-state index contributed by atoms with van der Waals surface area (Å²) in [5.41, 5.74) is 0. The number of aliphatic hydroxyl groups is 1. The molecule has 0 aromatic carbocycles. The van der Waals surface area contributed by atoms with E-state index in [2.05, 4.69) is 18.8 Å². The molecule has 2 N–H and O–H groups in total. The quantitative estimate of drug-likeness (QED) is 0.418. The molecule has 0 saturated heterocycles.